The van der Waals surface area contributed by atoms with Gasteiger partial charge in [0.25, 0.3) is 0 Å². The number of halogens is 1. The maximum atomic E-state index is 12.7. The highest BCUT2D eigenvalue weighted by Gasteiger charge is 2.48. The molecule has 1 saturated heterocycles. The zero-order valence-electron chi connectivity index (χ0n) is 15.3. The summed E-state index contributed by atoms with van der Waals surface area (Å²) in [5, 5.41) is 20.6. The van der Waals surface area contributed by atoms with Crippen LogP contribution in [0.4, 0.5) is 5.69 Å². The predicted octanol–water partition coefficient (Wildman–Crippen LogP) is 2.71. The monoisotopic (exact) mass is 403 g/mol. The van der Waals surface area contributed by atoms with Crippen molar-refractivity contribution >= 4 is 34.2 Å². The van der Waals surface area contributed by atoms with Crippen molar-refractivity contribution in [1.29, 1.82) is 0 Å². The first-order valence-corrected chi connectivity index (χ1v) is 10.0. The molecule has 0 amide bonds. The van der Waals surface area contributed by atoms with Crippen LogP contribution in [-0.2, 0) is 0 Å². The molecule has 1 aromatic heterocycles. The van der Waals surface area contributed by atoms with Crippen molar-refractivity contribution in [3.05, 3.63) is 33.1 Å². The molecule has 1 aromatic carbocycles. The van der Waals surface area contributed by atoms with Crippen molar-refractivity contribution in [3.63, 3.8) is 0 Å². The summed E-state index contributed by atoms with van der Waals surface area (Å²) in [5.74, 6) is -1.39. The van der Waals surface area contributed by atoms with Crippen molar-refractivity contribution < 1.29 is 15.0 Å². The van der Waals surface area contributed by atoms with Crippen LogP contribution < -0.4 is 16.1 Å². The maximum Gasteiger partial charge on any atom is 0.341 e. The number of phenolic OH excluding ortho intramolecular Hbond substituents is 1. The van der Waals surface area contributed by atoms with Gasteiger partial charge in [-0.2, -0.15) is 0 Å². The lowest BCUT2D eigenvalue weighted by Crippen LogP contribution is -2.48. The van der Waals surface area contributed by atoms with E-state index in [-0.39, 0.29) is 34.2 Å². The van der Waals surface area contributed by atoms with E-state index in [2.05, 4.69) is 0 Å². The minimum Gasteiger partial charge on any atom is -0.506 e. The number of benzene rings is 1. The summed E-state index contributed by atoms with van der Waals surface area (Å²) in [4.78, 5) is 26.3. The SMILES string of the molecule is NC1CN(c2c(O)cc3c(=O)c(C(=O)O)cn(C4CC4)c3c2Cl)CC2(CC2)C1. The van der Waals surface area contributed by atoms with Crippen molar-refractivity contribution in [2.75, 3.05) is 18.0 Å². The summed E-state index contributed by atoms with van der Waals surface area (Å²) in [6.45, 7) is 1.36. The summed E-state index contributed by atoms with van der Waals surface area (Å²) < 4.78 is 1.79. The number of aromatic nitrogens is 1. The maximum absolute atomic E-state index is 12.7. The third kappa shape index (κ3) is 2.68. The van der Waals surface area contributed by atoms with Crippen LogP contribution in [-0.4, -0.2) is 39.9 Å². The molecule has 1 unspecified atom stereocenters. The number of hydrogen-bond donors (Lipinski definition) is 3. The van der Waals surface area contributed by atoms with Gasteiger partial charge in [0.05, 0.1) is 15.9 Å². The molecular formula is C20H22ClN3O4. The summed E-state index contributed by atoms with van der Waals surface area (Å²) in [7, 11) is 0. The lowest BCUT2D eigenvalue weighted by atomic mass is 9.91. The van der Waals surface area contributed by atoms with E-state index in [9.17, 15) is 19.8 Å². The number of fused-ring (bicyclic) bond motifs is 1. The molecule has 3 aliphatic rings. The minimum atomic E-state index is -1.28. The van der Waals surface area contributed by atoms with Crippen molar-refractivity contribution in [2.45, 2.75) is 44.2 Å². The van der Waals surface area contributed by atoms with Crippen LogP contribution in [0.2, 0.25) is 5.02 Å². The number of nitrogens with zero attached hydrogens (tertiary/aromatic N) is 2. The average molecular weight is 404 g/mol. The normalized spacial score (nSPS) is 23.4. The second kappa shape index (κ2) is 5.87. The van der Waals surface area contributed by atoms with Crippen LogP contribution in [0.1, 0.15) is 48.5 Å². The number of nitrogens with two attached hydrogens (primary N) is 1. The molecule has 2 aliphatic carbocycles. The molecule has 1 spiro atoms. The van der Waals surface area contributed by atoms with Crippen LogP contribution in [0.5, 0.6) is 5.75 Å². The smallest absolute Gasteiger partial charge is 0.341 e. The Morgan fingerprint density at radius 3 is 2.64 bits per heavy atom. The zero-order valence-corrected chi connectivity index (χ0v) is 16.1. The molecule has 2 aromatic rings. The van der Waals surface area contributed by atoms with Crippen LogP contribution in [0.15, 0.2) is 17.1 Å². The number of phenols is 1. The molecule has 148 valence electrons. The number of pyridine rings is 1. The topological polar surface area (TPSA) is 109 Å². The Balaban J connectivity index is 1.74. The van der Waals surface area contributed by atoms with Gasteiger partial charge in [0, 0.05) is 31.4 Å². The van der Waals surface area contributed by atoms with Crippen LogP contribution >= 0.6 is 11.6 Å². The van der Waals surface area contributed by atoms with Crippen LogP contribution in [0.25, 0.3) is 10.9 Å². The zero-order chi connectivity index (χ0) is 19.8. The molecule has 2 saturated carbocycles. The fourth-order valence-corrected chi connectivity index (χ4v) is 5.11. The number of piperidine rings is 1. The van der Waals surface area contributed by atoms with Gasteiger partial charge in [0.1, 0.15) is 17.0 Å². The van der Waals surface area contributed by atoms with E-state index in [1.807, 2.05) is 4.90 Å². The van der Waals surface area contributed by atoms with Crippen molar-refractivity contribution in [3.8, 4) is 5.75 Å². The molecule has 8 heteroatoms. The highest BCUT2D eigenvalue weighted by Crippen LogP contribution is 2.54. The Hall–Kier alpha value is -2.25. The Bertz CT molecular complexity index is 1070. The first-order chi connectivity index (χ1) is 13.3. The molecule has 4 N–H and O–H groups in total. The van der Waals surface area contributed by atoms with E-state index in [4.69, 9.17) is 17.3 Å². The quantitative estimate of drug-likeness (QED) is 0.727. The summed E-state index contributed by atoms with van der Waals surface area (Å²) in [6.07, 6.45) is 6.42. The predicted molar refractivity (Wildman–Crippen MR) is 107 cm³/mol. The largest absolute Gasteiger partial charge is 0.506 e. The minimum absolute atomic E-state index is 0.00225. The van der Waals surface area contributed by atoms with Gasteiger partial charge in [0.2, 0.25) is 5.43 Å². The fourth-order valence-electron chi connectivity index (χ4n) is 4.69. The first-order valence-electron chi connectivity index (χ1n) is 9.64. The average Bonchev–Trinajstić information content (AvgIpc) is 3.52. The van der Waals surface area contributed by atoms with Gasteiger partial charge in [-0.1, -0.05) is 11.6 Å². The van der Waals surface area contributed by atoms with Gasteiger partial charge in [0.15, 0.2) is 0 Å². The molecule has 7 nitrogen and oxygen atoms in total. The van der Waals surface area contributed by atoms with Gasteiger partial charge >= 0.3 is 5.97 Å². The van der Waals surface area contributed by atoms with Gasteiger partial charge in [-0.05, 0) is 43.6 Å². The molecule has 5 rings (SSSR count). The van der Waals surface area contributed by atoms with Crippen LogP contribution in [0.3, 0.4) is 0 Å². The van der Waals surface area contributed by atoms with E-state index >= 15 is 0 Å². The van der Waals surface area contributed by atoms with E-state index < -0.39 is 11.4 Å². The standard InChI is InChI=1S/C20H22ClN3O4/c21-15-16-12(18(26)13(19(27)28)8-24(16)11-1-2-11)5-14(25)17(15)23-7-10(22)6-20(9-23)3-4-20/h5,8,10-11,25H,1-4,6-7,9,22H2,(H,27,28). The number of carbonyl (C=O) groups is 1. The molecular weight excluding hydrogens is 382 g/mol. The van der Waals surface area contributed by atoms with Gasteiger partial charge < -0.3 is 25.4 Å². The molecule has 3 fully saturated rings. The highest BCUT2D eigenvalue weighted by molar-refractivity contribution is 6.38. The van der Waals surface area contributed by atoms with Crippen LogP contribution in [0, 0.1) is 5.41 Å². The number of aromatic hydroxyl groups is 1. The van der Waals surface area contributed by atoms with Gasteiger partial charge in [-0.15, -0.1) is 0 Å². The van der Waals surface area contributed by atoms with Gasteiger partial charge in [-0.25, -0.2) is 4.79 Å². The van der Waals surface area contributed by atoms with Crippen molar-refractivity contribution in [2.24, 2.45) is 11.1 Å². The summed E-state index contributed by atoms with van der Waals surface area (Å²) in [5.41, 5.74) is 6.53. The number of aromatic carboxylic acids is 1. The molecule has 1 aliphatic heterocycles. The molecule has 0 bridgehead atoms. The molecule has 0 radical (unpaired) electrons. The highest BCUT2D eigenvalue weighted by atomic mass is 35.5. The third-order valence-electron chi connectivity index (χ3n) is 6.33. The van der Waals surface area contributed by atoms with E-state index in [1.165, 1.54) is 12.3 Å². The van der Waals surface area contributed by atoms with E-state index in [0.29, 0.717) is 22.8 Å². The number of rotatable bonds is 3. The second-order valence-corrected chi connectivity index (χ2v) is 8.99. The molecule has 28 heavy (non-hydrogen) atoms. The first kappa shape index (κ1) is 17.8. The Labute approximate surface area is 166 Å². The lowest BCUT2D eigenvalue weighted by Gasteiger charge is -2.39. The number of carboxylic acids is 1. The lowest BCUT2D eigenvalue weighted by molar-refractivity contribution is 0.0695. The van der Waals surface area contributed by atoms with Gasteiger partial charge in [-0.3, -0.25) is 4.79 Å². The van der Waals surface area contributed by atoms with E-state index in [1.54, 1.807) is 4.57 Å². The number of carboxylic acid groups (broad SMARTS) is 1. The fraction of sp³-hybridized carbons (Fsp3) is 0.500. The Morgan fingerprint density at radius 2 is 2.04 bits per heavy atom. The Kier molecular flexibility index (Phi) is 3.74. The number of hydrogen-bond acceptors (Lipinski definition) is 5. The summed E-state index contributed by atoms with van der Waals surface area (Å²) in [6, 6.07) is 1.49. The van der Waals surface area contributed by atoms with Crippen molar-refractivity contribution in [1.82, 2.24) is 4.57 Å². The second-order valence-electron chi connectivity index (χ2n) is 8.61. The Morgan fingerprint density at radius 1 is 1.32 bits per heavy atom. The third-order valence-corrected chi connectivity index (χ3v) is 6.69. The molecule has 1 atom stereocenters. The molecule has 2 heterocycles. The summed E-state index contributed by atoms with van der Waals surface area (Å²) >= 11 is 6.77. The number of anilines is 1. The van der Waals surface area contributed by atoms with E-state index in [0.717, 1.165) is 38.6 Å².